The number of alkyl halides is 2. The molecule has 0 aromatic carbocycles. The van der Waals surface area contributed by atoms with Gasteiger partial charge >= 0.3 is 0 Å². The number of aryl methyl sites for hydroxylation is 1. The van der Waals surface area contributed by atoms with Crippen molar-refractivity contribution in [2.75, 3.05) is 0 Å². The van der Waals surface area contributed by atoms with Crippen LogP contribution in [0.4, 0.5) is 8.78 Å². The molecule has 0 amide bonds. The van der Waals surface area contributed by atoms with E-state index in [-0.39, 0.29) is 18.7 Å². The van der Waals surface area contributed by atoms with Crippen molar-refractivity contribution >= 4 is 12.4 Å². The zero-order chi connectivity index (χ0) is 10.6. The van der Waals surface area contributed by atoms with Crippen molar-refractivity contribution in [1.29, 1.82) is 0 Å². The van der Waals surface area contributed by atoms with Crippen molar-refractivity contribution in [3.05, 3.63) is 24.0 Å². The van der Waals surface area contributed by atoms with E-state index in [1.54, 1.807) is 0 Å². The summed E-state index contributed by atoms with van der Waals surface area (Å²) in [6.07, 6.45) is -0.339. The van der Waals surface area contributed by atoms with Gasteiger partial charge in [0.05, 0.1) is 5.69 Å². The summed E-state index contributed by atoms with van der Waals surface area (Å²) in [6, 6.07) is 1.27. The quantitative estimate of drug-likeness (QED) is 0.682. The molecule has 0 atom stereocenters. The van der Waals surface area contributed by atoms with Crippen LogP contribution in [-0.2, 0) is 11.3 Å². The van der Waals surface area contributed by atoms with Gasteiger partial charge in [-0.1, -0.05) is 6.58 Å². The largest absolute Gasteiger partial charge is 0.303 e. The smallest absolute Gasteiger partial charge is 0.280 e. The Hall–Kier alpha value is -1.52. The van der Waals surface area contributed by atoms with Gasteiger partial charge in [0.1, 0.15) is 12.0 Å². The van der Waals surface area contributed by atoms with Crippen molar-refractivity contribution in [2.24, 2.45) is 0 Å². The number of carbonyl (C=O) groups is 1. The van der Waals surface area contributed by atoms with Crippen molar-refractivity contribution < 1.29 is 13.6 Å². The highest BCUT2D eigenvalue weighted by molar-refractivity contribution is 5.49. The molecule has 14 heavy (non-hydrogen) atoms. The number of aromatic nitrogens is 2. The van der Waals surface area contributed by atoms with E-state index in [0.717, 1.165) is 4.68 Å². The lowest BCUT2D eigenvalue weighted by Crippen LogP contribution is -2.05. The molecule has 0 aliphatic carbocycles. The Labute approximate surface area is 80.0 Å². The molecule has 0 unspecified atom stereocenters. The molecule has 0 aliphatic rings. The average Bonchev–Trinajstić information content (AvgIpc) is 2.58. The van der Waals surface area contributed by atoms with Gasteiger partial charge in [0.25, 0.3) is 6.43 Å². The van der Waals surface area contributed by atoms with E-state index in [9.17, 15) is 13.6 Å². The summed E-state index contributed by atoms with van der Waals surface area (Å²) in [6.45, 7) is 3.61. The number of hydrogen-bond acceptors (Lipinski definition) is 2. The van der Waals surface area contributed by atoms with Crippen LogP contribution in [0.3, 0.4) is 0 Å². The molecule has 5 heteroatoms. The summed E-state index contributed by atoms with van der Waals surface area (Å²) < 4.78 is 26.0. The summed E-state index contributed by atoms with van der Waals surface area (Å²) in [5, 5.41) is 3.85. The van der Waals surface area contributed by atoms with E-state index >= 15 is 0 Å². The molecule has 0 N–H and O–H groups in total. The highest BCUT2D eigenvalue weighted by Gasteiger charge is 2.14. The highest BCUT2D eigenvalue weighted by Crippen LogP contribution is 2.20. The van der Waals surface area contributed by atoms with Gasteiger partial charge in [0.15, 0.2) is 0 Å². The molecule has 1 heterocycles. The molecule has 1 aromatic heterocycles. The van der Waals surface area contributed by atoms with Crippen LogP contribution in [0.2, 0.25) is 0 Å². The third kappa shape index (κ3) is 2.25. The molecule has 0 aliphatic heterocycles. The van der Waals surface area contributed by atoms with Gasteiger partial charge in [0, 0.05) is 13.0 Å². The minimum atomic E-state index is -2.58. The Balaban J connectivity index is 2.93. The van der Waals surface area contributed by atoms with Crippen LogP contribution in [0, 0.1) is 0 Å². The van der Waals surface area contributed by atoms with Gasteiger partial charge in [-0.2, -0.15) is 5.10 Å². The van der Waals surface area contributed by atoms with E-state index < -0.39 is 6.43 Å². The molecule has 1 aromatic rings. The Bertz CT molecular complexity index is 334. The van der Waals surface area contributed by atoms with Gasteiger partial charge in [0.2, 0.25) is 0 Å². The third-order valence-corrected chi connectivity index (χ3v) is 1.72. The second kappa shape index (κ2) is 4.64. The molecular formula is C9H10F2N2O. The summed E-state index contributed by atoms with van der Waals surface area (Å²) >= 11 is 0. The van der Waals surface area contributed by atoms with Crippen LogP contribution in [0.5, 0.6) is 0 Å². The number of hydrogen-bond donors (Lipinski definition) is 0. The zero-order valence-corrected chi connectivity index (χ0v) is 7.49. The summed E-state index contributed by atoms with van der Waals surface area (Å²) in [4.78, 5) is 10.1. The van der Waals surface area contributed by atoms with Crippen molar-refractivity contribution in [3.8, 4) is 0 Å². The Morgan fingerprint density at radius 1 is 1.64 bits per heavy atom. The predicted molar refractivity (Wildman–Crippen MR) is 48.0 cm³/mol. The zero-order valence-electron chi connectivity index (χ0n) is 7.49. The second-order valence-electron chi connectivity index (χ2n) is 2.68. The second-order valence-corrected chi connectivity index (χ2v) is 2.68. The molecule has 1 rings (SSSR count). The molecule has 0 radical (unpaired) electrons. The maximum absolute atomic E-state index is 12.4. The summed E-state index contributed by atoms with van der Waals surface area (Å²) in [5.74, 6) is 0. The van der Waals surface area contributed by atoms with Gasteiger partial charge in [-0.15, -0.1) is 0 Å². The SMILES string of the molecule is C=Cc1cc(C(F)F)n(CCC=O)n1. The van der Waals surface area contributed by atoms with Crippen LogP contribution in [0.15, 0.2) is 12.6 Å². The molecule has 0 saturated carbocycles. The van der Waals surface area contributed by atoms with Crippen molar-refractivity contribution in [3.63, 3.8) is 0 Å². The van der Waals surface area contributed by atoms with Gasteiger partial charge in [-0.05, 0) is 12.1 Å². The molecule has 0 bridgehead atoms. The van der Waals surface area contributed by atoms with Crippen LogP contribution in [-0.4, -0.2) is 16.1 Å². The van der Waals surface area contributed by atoms with Gasteiger partial charge in [-0.25, -0.2) is 8.78 Å². The fourth-order valence-electron chi connectivity index (χ4n) is 1.08. The fraction of sp³-hybridized carbons (Fsp3) is 0.333. The van der Waals surface area contributed by atoms with E-state index in [0.29, 0.717) is 12.0 Å². The van der Waals surface area contributed by atoms with E-state index in [1.807, 2.05) is 0 Å². The first-order valence-corrected chi connectivity index (χ1v) is 4.11. The number of carbonyl (C=O) groups excluding carboxylic acids is 1. The van der Waals surface area contributed by atoms with Crippen LogP contribution < -0.4 is 0 Å². The lowest BCUT2D eigenvalue weighted by Gasteiger charge is -2.02. The fourth-order valence-corrected chi connectivity index (χ4v) is 1.08. The number of rotatable bonds is 5. The molecule has 76 valence electrons. The minimum Gasteiger partial charge on any atom is -0.303 e. The highest BCUT2D eigenvalue weighted by atomic mass is 19.3. The summed E-state index contributed by atoms with van der Waals surface area (Å²) in [5.41, 5.74) is 0.216. The molecule has 3 nitrogen and oxygen atoms in total. The number of nitrogens with zero attached hydrogens (tertiary/aromatic N) is 2. The van der Waals surface area contributed by atoms with Gasteiger partial charge in [-0.3, -0.25) is 4.68 Å². The first-order chi connectivity index (χ1) is 6.69. The van der Waals surface area contributed by atoms with Crippen LogP contribution >= 0.6 is 0 Å². The maximum Gasteiger partial charge on any atom is 0.280 e. The maximum atomic E-state index is 12.4. The Kier molecular flexibility index (Phi) is 3.50. The molecule has 0 spiro atoms. The van der Waals surface area contributed by atoms with Crippen LogP contribution in [0.25, 0.3) is 6.08 Å². The lowest BCUT2D eigenvalue weighted by molar-refractivity contribution is -0.108. The van der Waals surface area contributed by atoms with Gasteiger partial charge < -0.3 is 4.79 Å². The topological polar surface area (TPSA) is 34.9 Å². The predicted octanol–water partition coefficient (Wildman–Crippen LogP) is 2.05. The van der Waals surface area contributed by atoms with Crippen molar-refractivity contribution in [2.45, 2.75) is 19.4 Å². The monoisotopic (exact) mass is 200 g/mol. The molecular weight excluding hydrogens is 190 g/mol. The summed E-state index contributed by atoms with van der Waals surface area (Å²) in [7, 11) is 0. The van der Waals surface area contributed by atoms with E-state index in [1.165, 1.54) is 12.1 Å². The Morgan fingerprint density at radius 2 is 2.36 bits per heavy atom. The first-order valence-electron chi connectivity index (χ1n) is 4.11. The number of aldehydes is 1. The molecule has 0 saturated heterocycles. The standard InChI is InChI=1S/C9H10F2N2O/c1-2-7-6-8(9(10)11)13(12-7)4-3-5-14/h2,5-6,9H,1,3-4H2. The van der Waals surface area contributed by atoms with Crippen molar-refractivity contribution in [1.82, 2.24) is 9.78 Å². The number of halogens is 2. The minimum absolute atomic E-state index is 0.178. The lowest BCUT2D eigenvalue weighted by atomic mass is 10.3. The Morgan fingerprint density at radius 3 is 2.86 bits per heavy atom. The van der Waals surface area contributed by atoms with E-state index in [2.05, 4.69) is 11.7 Å². The third-order valence-electron chi connectivity index (χ3n) is 1.72. The van der Waals surface area contributed by atoms with E-state index in [4.69, 9.17) is 0 Å². The van der Waals surface area contributed by atoms with Crippen LogP contribution in [0.1, 0.15) is 24.2 Å². The molecule has 0 fully saturated rings. The average molecular weight is 200 g/mol. The normalized spacial score (nSPS) is 10.5. The first kappa shape index (κ1) is 10.6.